The van der Waals surface area contributed by atoms with E-state index in [9.17, 15) is 18.0 Å². The van der Waals surface area contributed by atoms with Crippen LogP contribution in [0.4, 0.5) is 18.9 Å². The van der Waals surface area contributed by atoms with Crippen LogP contribution in [0.1, 0.15) is 5.69 Å². The maximum absolute atomic E-state index is 12.5. The Morgan fingerprint density at radius 2 is 2.00 bits per heavy atom. The highest BCUT2D eigenvalue weighted by atomic mass is 19.4. The van der Waals surface area contributed by atoms with Gasteiger partial charge >= 0.3 is 6.18 Å². The highest BCUT2D eigenvalue weighted by molar-refractivity contribution is 5.92. The second kappa shape index (κ2) is 6.59. The Morgan fingerprint density at radius 3 is 2.57 bits per heavy atom. The molecule has 0 atom stereocenters. The third kappa shape index (κ3) is 4.15. The van der Waals surface area contributed by atoms with Gasteiger partial charge in [0.2, 0.25) is 5.91 Å². The lowest BCUT2D eigenvalue weighted by atomic mass is 10.2. The van der Waals surface area contributed by atoms with Crippen LogP contribution in [0.25, 0.3) is 0 Å². The minimum absolute atomic E-state index is 0.347. The number of carbonyl (C=O) groups excluding carboxylic acids is 1. The standard InChI is InChI=1S/C14H14F3N3O3/c1-22-9-3-4-11(23-2)10(7-9)18-13(21)8-20-6-5-12(19-20)14(15,16)17/h3-7H,8H2,1-2H3,(H,18,21). The minimum atomic E-state index is -4.54. The number of benzene rings is 1. The number of methoxy groups -OCH3 is 2. The lowest BCUT2D eigenvalue weighted by Crippen LogP contribution is -2.20. The fourth-order valence-electron chi connectivity index (χ4n) is 1.85. The molecule has 1 amide bonds. The Kier molecular flexibility index (Phi) is 4.77. The number of nitrogens with one attached hydrogen (secondary N) is 1. The lowest BCUT2D eigenvalue weighted by molar-refractivity contribution is -0.141. The number of nitrogens with zero attached hydrogens (tertiary/aromatic N) is 2. The zero-order chi connectivity index (χ0) is 17.0. The van der Waals surface area contributed by atoms with Crippen molar-refractivity contribution in [2.75, 3.05) is 19.5 Å². The second-order valence-electron chi connectivity index (χ2n) is 4.51. The van der Waals surface area contributed by atoms with Gasteiger partial charge in [-0.2, -0.15) is 18.3 Å². The third-order valence-electron chi connectivity index (χ3n) is 2.92. The molecule has 1 aromatic heterocycles. The SMILES string of the molecule is COc1ccc(OC)c(NC(=O)Cn2ccc(C(F)(F)F)n2)c1. The van der Waals surface area contributed by atoms with Crippen molar-refractivity contribution < 1.29 is 27.4 Å². The zero-order valence-corrected chi connectivity index (χ0v) is 12.3. The van der Waals surface area contributed by atoms with Crippen molar-refractivity contribution >= 4 is 11.6 Å². The molecule has 0 unspecified atom stereocenters. The van der Waals surface area contributed by atoms with Crippen molar-refractivity contribution in [1.82, 2.24) is 9.78 Å². The molecular weight excluding hydrogens is 315 g/mol. The molecule has 1 heterocycles. The smallest absolute Gasteiger partial charge is 0.435 e. The maximum atomic E-state index is 12.5. The van der Waals surface area contributed by atoms with Crippen LogP contribution in [0.2, 0.25) is 0 Å². The topological polar surface area (TPSA) is 65.4 Å². The number of aromatic nitrogens is 2. The van der Waals surface area contributed by atoms with Crippen LogP contribution < -0.4 is 14.8 Å². The third-order valence-corrected chi connectivity index (χ3v) is 2.92. The van der Waals surface area contributed by atoms with Gasteiger partial charge in [-0.3, -0.25) is 9.48 Å². The molecule has 23 heavy (non-hydrogen) atoms. The molecule has 6 nitrogen and oxygen atoms in total. The summed E-state index contributed by atoms with van der Waals surface area (Å²) in [6, 6.07) is 5.60. The second-order valence-corrected chi connectivity index (χ2v) is 4.51. The van der Waals surface area contributed by atoms with Crippen LogP contribution in [0.3, 0.4) is 0 Å². The van der Waals surface area contributed by atoms with Crippen LogP contribution in [0, 0.1) is 0 Å². The van der Waals surface area contributed by atoms with Gasteiger partial charge in [0.25, 0.3) is 0 Å². The number of anilines is 1. The molecule has 1 N–H and O–H groups in total. The Labute approximate surface area is 129 Å². The van der Waals surface area contributed by atoms with Crippen LogP contribution in [0.15, 0.2) is 30.5 Å². The number of alkyl halides is 3. The van der Waals surface area contributed by atoms with E-state index in [0.29, 0.717) is 17.2 Å². The molecule has 9 heteroatoms. The summed E-state index contributed by atoms with van der Waals surface area (Å²) >= 11 is 0. The average Bonchev–Trinajstić information content (AvgIpc) is 2.95. The molecule has 0 aliphatic rings. The van der Waals surface area contributed by atoms with E-state index in [1.54, 1.807) is 18.2 Å². The summed E-state index contributed by atoms with van der Waals surface area (Å²) in [6.07, 6.45) is -3.46. The summed E-state index contributed by atoms with van der Waals surface area (Å²) < 4.78 is 48.4. The number of hydrogen-bond acceptors (Lipinski definition) is 4. The lowest BCUT2D eigenvalue weighted by Gasteiger charge is -2.11. The molecule has 124 valence electrons. The van der Waals surface area contributed by atoms with Gasteiger partial charge in [0.15, 0.2) is 5.69 Å². The number of halogens is 3. The number of ether oxygens (including phenoxy) is 2. The van der Waals surface area contributed by atoms with E-state index in [0.717, 1.165) is 16.9 Å². The summed E-state index contributed by atoms with van der Waals surface area (Å²) in [4.78, 5) is 12.0. The van der Waals surface area contributed by atoms with Crippen molar-refractivity contribution in [2.45, 2.75) is 12.7 Å². The Bertz CT molecular complexity index is 698. The minimum Gasteiger partial charge on any atom is -0.497 e. The average molecular weight is 329 g/mol. The Balaban J connectivity index is 2.09. The van der Waals surface area contributed by atoms with Crippen LogP contribution in [0.5, 0.6) is 11.5 Å². The van der Waals surface area contributed by atoms with Crippen molar-refractivity contribution in [1.29, 1.82) is 0 Å². The number of amides is 1. The Hall–Kier alpha value is -2.71. The van der Waals surface area contributed by atoms with Crippen LogP contribution in [-0.4, -0.2) is 29.9 Å². The fourth-order valence-corrected chi connectivity index (χ4v) is 1.85. The van der Waals surface area contributed by atoms with Gasteiger partial charge in [0, 0.05) is 12.3 Å². The summed E-state index contributed by atoms with van der Waals surface area (Å²) in [5, 5.41) is 5.86. The maximum Gasteiger partial charge on any atom is 0.435 e. The van der Waals surface area contributed by atoms with E-state index in [-0.39, 0.29) is 6.54 Å². The highest BCUT2D eigenvalue weighted by Crippen LogP contribution is 2.29. The van der Waals surface area contributed by atoms with E-state index in [1.807, 2.05) is 0 Å². The first-order chi connectivity index (χ1) is 10.8. The largest absolute Gasteiger partial charge is 0.497 e. The Morgan fingerprint density at radius 1 is 1.26 bits per heavy atom. The van der Waals surface area contributed by atoms with Gasteiger partial charge in [-0.15, -0.1) is 0 Å². The van der Waals surface area contributed by atoms with Crippen molar-refractivity contribution in [3.63, 3.8) is 0 Å². The normalized spacial score (nSPS) is 11.2. The quantitative estimate of drug-likeness (QED) is 0.916. The molecule has 0 fully saturated rings. The molecule has 0 bridgehead atoms. The van der Waals surface area contributed by atoms with Crippen molar-refractivity contribution in [3.05, 3.63) is 36.2 Å². The van der Waals surface area contributed by atoms with Gasteiger partial charge in [0.05, 0.1) is 19.9 Å². The number of carbonyl (C=O) groups is 1. The first kappa shape index (κ1) is 16.7. The van der Waals surface area contributed by atoms with E-state index >= 15 is 0 Å². The zero-order valence-electron chi connectivity index (χ0n) is 12.3. The van der Waals surface area contributed by atoms with E-state index in [1.165, 1.54) is 14.2 Å². The summed E-state index contributed by atoms with van der Waals surface area (Å²) in [6.45, 7) is -0.365. The summed E-state index contributed by atoms with van der Waals surface area (Å²) in [5.41, 5.74) is -0.704. The first-order valence-corrected chi connectivity index (χ1v) is 6.46. The molecule has 0 aliphatic heterocycles. The van der Waals surface area contributed by atoms with Gasteiger partial charge in [-0.05, 0) is 18.2 Å². The predicted molar refractivity (Wildman–Crippen MR) is 75.4 cm³/mol. The molecular formula is C14H14F3N3O3. The van der Waals surface area contributed by atoms with Gasteiger partial charge in [-0.25, -0.2) is 0 Å². The molecule has 1 aromatic carbocycles. The fraction of sp³-hybridized carbons (Fsp3) is 0.286. The number of hydrogen-bond donors (Lipinski definition) is 1. The molecule has 0 spiro atoms. The van der Waals surface area contributed by atoms with Crippen molar-refractivity contribution in [3.8, 4) is 11.5 Å². The van der Waals surface area contributed by atoms with E-state index in [4.69, 9.17) is 9.47 Å². The van der Waals surface area contributed by atoms with Crippen molar-refractivity contribution in [2.24, 2.45) is 0 Å². The van der Waals surface area contributed by atoms with E-state index in [2.05, 4.69) is 10.4 Å². The molecule has 0 saturated carbocycles. The number of rotatable bonds is 5. The van der Waals surface area contributed by atoms with Gasteiger partial charge in [-0.1, -0.05) is 0 Å². The summed E-state index contributed by atoms with van der Waals surface area (Å²) in [5.74, 6) is 0.350. The molecule has 2 rings (SSSR count). The molecule has 0 radical (unpaired) electrons. The molecule has 2 aromatic rings. The van der Waals surface area contributed by atoms with Gasteiger partial charge < -0.3 is 14.8 Å². The van der Waals surface area contributed by atoms with Crippen LogP contribution >= 0.6 is 0 Å². The monoisotopic (exact) mass is 329 g/mol. The highest BCUT2D eigenvalue weighted by Gasteiger charge is 2.33. The molecule has 0 aliphatic carbocycles. The van der Waals surface area contributed by atoms with Gasteiger partial charge in [0.1, 0.15) is 18.0 Å². The summed E-state index contributed by atoms with van der Waals surface area (Å²) in [7, 11) is 2.90. The predicted octanol–water partition coefficient (Wildman–Crippen LogP) is 2.56. The molecule has 0 saturated heterocycles. The first-order valence-electron chi connectivity index (χ1n) is 6.46. The van der Waals surface area contributed by atoms with E-state index < -0.39 is 17.8 Å². The van der Waals surface area contributed by atoms with Crippen LogP contribution in [-0.2, 0) is 17.5 Å².